The van der Waals surface area contributed by atoms with E-state index >= 15 is 0 Å². The molecule has 1 aliphatic rings. The molecule has 1 N–H and O–H groups in total. The summed E-state index contributed by atoms with van der Waals surface area (Å²) in [6.07, 6.45) is 0. The molecule has 0 bridgehead atoms. The van der Waals surface area contributed by atoms with Gasteiger partial charge in [0.05, 0.1) is 11.4 Å². The van der Waals surface area contributed by atoms with Crippen LogP contribution >= 0.6 is 0 Å². The SMILES string of the molecule is CN=C1C(=N)C(c2ccccc2)=NC(C)=C1c1ccccc1. The lowest BCUT2D eigenvalue weighted by molar-refractivity contribution is 1.30. The van der Waals surface area contributed by atoms with Crippen LogP contribution in [0.5, 0.6) is 0 Å². The number of allylic oxidation sites excluding steroid dienone is 2. The number of hydrogen-bond donors (Lipinski definition) is 1. The van der Waals surface area contributed by atoms with Crippen molar-refractivity contribution in [1.82, 2.24) is 0 Å². The maximum Gasteiger partial charge on any atom is 0.106 e. The van der Waals surface area contributed by atoms with Crippen LogP contribution in [0.25, 0.3) is 5.57 Å². The van der Waals surface area contributed by atoms with Gasteiger partial charge in [0.2, 0.25) is 0 Å². The molecule has 0 amide bonds. The van der Waals surface area contributed by atoms with Crippen LogP contribution in [0.15, 0.2) is 76.3 Å². The van der Waals surface area contributed by atoms with Crippen LogP contribution in [0, 0.1) is 5.41 Å². The second-order valence-corrected chi connectivity index (χ2v) is 5.10. The number of aliphatic imine (C=N–C) groups is 2. The maximum atomic E-state index is 8.51. The first-order valence-electron chi connectivity index (χ1n) is 7.19. The third-order valence-electron chi connectivity index (χ3n) is 3.69. The lowest BCUT2D eigenvalue weighted by Crippen LogP contribution is -2.29. The Bertz CT molecular complexity index is 797. The second kappa shape index (κ2) is 5.90. The Hall–Kier alpha value is -2.81. The molecule has 0 aromatic heterocycles. The largest absolute Gasteiger partial charge is 0.296 e. The van der Waals surface area contributed by atoms with Gasteiger partial charge in [-0.2, -0.15) is 0 Å². The second-order valence-electron chi connectivity index (χ2n) is 5.10. The lowest BCUT2D eigenvalue weighted by Gasteiger charge is -2.21. The molecule has 1 heterocycles. The van der Waals surface area contributed by atoms with Gasteiger partial charge in [-0.1, -0.05) is 60.7 Å². The Balaban J connectivity index is 2.19. The van der Waals surface area contributed by atoms with Gasteiger partial charge in [-0.15, -0.1) is 0 Å². The Kier molecular flexibility index (Phi) is 3.79. The van der Waals surface area contributed by atoms with Crippen LogP contribution in [0.2, 0.25) is 0 Å². The molecule has 0 radical (unpaired) electrons. The van der Waals surface area contributed by atoms with E-state index in [2.05, 4.69) is 9.98 Å². The summed E-state index contributed by atoms with van der Waals surface area (Å²) in [4.78, 5) is 9.05. The maximum absolute atomic E-state index is 8.51. The van der Waals surface area contributed by atoms with Gasteiger partial charge in [-0.05, 0) is 12.5 Å². The molecule has 0 unspecified atom stereocenters. The van der Waals surface area contributed by atoms with Crippen molar-refractivity contribution in [3.05, 3.63) is 77.5 Å². The molecule has 0 spiro atoms. The van der Waals surface area contributed by atoms with Gasteiger partial charge in [0.1, 0.15) is 5.71 Å². The van der Waals surface area contributed by atoms with Gasteiger partial charge in [-0.3, -0.25) is 15.4 Å². The summed E-state index contributed by atoms with van der Waals surface area (Å²) in [5, 5.41) is 8.51. The van der Waals surface area contributed by atoms with Gasteiger partial charge in [0.15, 0.2) is 0 Å². The Morgan fingerprint density at radius 2 is 1.41 bits per heavy atom. The zero-order valence-corrected chi connectivity index (χ0v) is 12.7. The fourth-order valence-corrected chi connectivity index (χ4v) is 2.67. The molecule has 3 nitrogen and oxygen atoms in total. The predicted octanol–water partition coefficient (Wildman–Crippen LogP) is 4.01. The molecule has 108 valence electrons. The first-order valence-corrected chi connectivity index (χ1v) is 7.19. The number of hydrogen-bond acceptors (Lipinski definition) is 3. The summed E-state index contributed by atoms with van der Waals surface area (Å²) in [6.45, 7) is 1.98. The van der Waals surface area contributed by atoms with Crippen molar-refractivity contribution >= 4 is 22.7 Å². The van der Waals surface area contributed by atoms with Crippen LogP contribution in [0.1, 0.15) is 18.1 Å². The van der Waals surface area contributed by atoms with Gasteiger partial charge in [0, 0.05) is 23.9 Å². The molecule has 0 aliphatic carbocycles. The van der Waals surface area contributed by atoms with Crippen molar-refractivity contribution in [2.45, 2.75) is 6.92 Å². The Labute approximate surface area is 130 Å². The van der Waals surface area contributed by atoms with Crippen LogP contribution in [-0.2, 0) is 0 Å². The molecule has 0 atom stereocenters. The van der Waals surface area contributed by atoms with E-state index in [-0.39, 0.29) is 0 Å². The van der Waals surface area contributed by atoms with E-state index in [4.69, 9.17) is 5.41 Å². The highest BCUT2D eigenvalue weighted by molar-refractivity contribution is 6.79. The number of nitrogens with one attached hydrogen (secondary N) is 1. The van der Waals surface area contributed by atoms with E-state index in [0.717, 1.165) is 22.4 Å². The third kappa shape index (κ3) is 2.42. The van der Waals surface area contributed by atoms with Crippen LogP contribution in [0.4, 0.5) is 0 Å². The molecule has 2 aromatic carbocycles. The molecule has 0 saturated carbocycles. The van der Waals surface area contributed by atoms with Gasteiger partial charge < -0.3 is 0 Å². The summed E-state index contributed by atoms with van der Waals surface area (Å²) in [5.41, 5.74) is 5.56. The van der Waals surface area contributed by atoms with Crippen molar-refractivity contribution in [2.24, 2.45) is 9.98 Å². The average Bonchev–Trinajstić information content (AvgIpc) is 2.57. The van der Waals surface area contributed by atoms with E-state index in [1.54, 1.807) is 7.05 Å². The molecule has 0 fully saturated rings. The third-order valence-corrected chi connectivity index (χ3v) is 3.69. The van der Waals surface area contributed by atoms with Crippen molar-refractivity contribution in [3.8, 4) is 0 Å². The Morgan fingerprint density at radius 1 is 0.864 bits per heavy atom. The highest BCUT2D eigenvalue weighted by Gasteiger charge is 2.26. The van der Waals surface area contributed by atoms with Crippen LogP contribution in [-0.4, -0.2) is 24.2 Å². The van der Waals surface area contributed by atoms with E-state index in [0.29, 0.717) is 17.1 Å². The smallest absolute Gasteiger partial charge is 0.106 e. The molecular weight excluding hydrogens is 270 g/mol. The summed E-state index contributed by atoms with van der Waals surface area (Å²) >= 11 is 0. The standard InChI is InChI=1S/C19H17N3/c1-13-16(14-9-5-3-6-10-14)19(21-2)17(20)18(22-13)15-11-7-4-8-12-15/h3-12,20H,1-2H3. The van der Waals surface area contributed by atoms with E-state index in [1.807, 2.05) is 67.6 Å². The minimum Gasteiger partial charge on any atom is -0.296 e. The normalized spacial score (nSPS) is 16.9. The predicted molar refractivity (Wildman–Crippen MR) is 93.1 cm³/mol. The molecular formula is C19H17N3. The highest BCUT2D eigenvalue weighted by atomic mass is 14.8. The zero-order valence-electron chi connectivity index (χ0n) is 12.7. The summed E-state index contributed by atoms with van der Waals surface area (Å²) in [5.74, 6) is 0. The molecule has 3 rings (SSSR count). The highest BCUT2D eigenvalue weighted by Crippen LogP contribution is 2.27. The van der Waals surface area contributed by atoms with Gasteiger partial charge in [0.25, 0.3) is 0 Å². The first kappa shape index (κ1) is 14.1. The van der Waals surface area contributed by atoms with Gasteiger partial charge >= 0.3 is 0 Å². The number of benzene rings is 2. The lowest BCUT2D eigenvalue weighted by atomic mass is 9.89. The average molecular weight is 287 g/mol. The molecule has 0 saturated heterocycles. The number of rotatable bonds is 2. The van der Waals surface area contributed by atoms with E-state index in [1.165, 1.54) is 0 Å². The fraction of sp³-hybridized carbons (Fsp3) is 0.105. The van der Waals surface area contributed by atoms with Crippen molar-refractivity contribution in [1.29, 1.82) is 5.41 Å². The first-order chi connectivity index (χ1) is 10.7. The minimum absolute atomic E-state index is 0.373. The summed E-state index contributed by atoms with van der Waals surface area (Å²) < 4.78 is 0. The molecule has 2 aromatic rings. The van der Waals surface area contributed by atoms with Crippen molar-refractivity contribution in [2.75, 3.05) is 7.05 Å². The van der Waals surface area contributed by atoms with Gasteiger partial charge in [-0.25, -0.2) is 0 Å². The molecule has 1 aliphatic heterocycles. The molecule has 3 heteroatoms. The topological polar surface area (TPSA) is 48.6 Å². The quantitative estimate of drug-likeness (QED) is 0.867. The van der Waals surface area contributed by atoms with Crippen molar-refractivity contribution < 1.29 is 0 Å². The van der Waals surface area contributed by atoms with E-state index in [9.17, 15) is 0 Å². The monoisotopic (exact) mass is 287 g/mol. The summed E-state index contributed by atoms with van der Waals surface area (Å²) in [6, 6.07) is 19.8. The van der Waals surface area contributed by atoms with Crippen LogP contribution in [0.3, 0.4) is 0 Å². The Morgan fingerprint density at radius 3 is 1.95 bits per heavy atom. The fourth-order valence-electron chi connectivity index (χ4n) is 2.67. The van der Waals surface area contributed by atoms with Crippen LogP contribution < -0.4 is 0 Å². The van der Waals surface area contributed by atoms with Crippen molar-refractivity contribution in [3.63, 3.8) is 0 Å². The minimum atomic E-state index is 0.373. The molecule has 22 heavy (non-hydrogen) atoms. The summed E-state index contributed by atoms with van der Waals surface area (Å²) in [7, 11) is 1.73. The van der Waals surface area contributed by atoms with E-state index < -0.39 is 0 Å². The zero-order chi connectivity index (χ0) is 15.5. The number of nitrogens with zero attached hydrogens (tertiary/aromatic N) is 2.